The van der Waals surface area contributed by atoms with E-state index in [4.69, 9.17) is 11.6 Å². The Morgan fingerprint density at radius 1 is 1.54 bits per heavy atom. The molecule has 0 aromatic carbocycles. The maximum absolute atomic E-state index is 5.76. The first kappa shape index (κ1) is 9.16. The molecule has 1 aliphatic rings. The fourth-order valence-electron chi connectivity index (χ4n) is 1.22. The highest BCUT2D eigenvalue weighted by molar-refractivity contribution is 8.00. The van der Waals surface area contributed by atoms with Crippen molar-refractivity contribution in [2.75, 3.05) is 16.8 Å². The van der Waals surface area contributed by atoms with Gasteiger partial charge >= 0.3 is 0 Å². The molecule has 1 aromatic rings. The predicted molar refractivity (Wildman–Crippen MR) is 58.7 cm³/mol. The van der Waals surface area contributed by atoms with E-state index in [9.17, 15) is 0 Å². The second kappa shape index (κ2) is 3.76. The zero-order chi connectivity index (χ0) is 9.26. The second-order valence-electron chi connectivity index (χ2n) is 3.15. The lowest BCUT2D eigenvalue weighted by Crippen LogP contribution is -2.33. The van der Waals surface area contributed by atoms with Gasteiger partial charge in [-0.1, -0.05) is 11.6 Å². The third-order valence-corrected chi connectivity index (χ3v) is 3.54. The lowest BCUT2D eigenvalue weighted by Gasteiger charge is -2.27. The summed E-state index contributed by atoms with van der Waals surface area (Å²) in [6.07, 6.45) is 0. The molecule has 0 amide bonds. The molecular weight excluding hydrogens is 204 g/mol. The molecular formula is C9H11ClN2S. The number of pyridine rings is 1. The molecule has 1 aromatic heterocycles. The van der Waals surface area contributed by atoms with Crippen molar-refractivity contribution < 1.29 is 0 Å². The van der Waals surface area contributed by atoms with Crippen molar-refractivity contribution in [1.82, 2.24) is 4.98 Å². The van der Waals surface area contributed by atoms with Gasteiger partial charge < -0.3 is 5.32 Å². The number of anilines is 1. The van der Waals surface area contributed by atoms with Crippen LogP contribution in [-0.2, 0) is 0 Å². The van der Waals surface area contributed by atoms with Gasteiger partial charge in [0.15, 0.2) is 0 Å². The Morgan fingerprint density at radius 3 is 2.85 bits per heavy atom. The maximum atomic E-state index is 5.76. The topological polar surface area (TPSA) is 24.9 Å². The zero-order valence-corrected chi connectivity index (χ0v) is 8.95. The summed E-state index contributed by atoms with van der Waals surface area (Å²) in [6.45, 7) is 1.97. The summed E-state index contributed by atoms with van der Waals surface area (Å²) in [5, 5.41) is 3.99. The highest BCUT2D eigenvalue weighted by Crippen LogP contribution is 2.23. The van der Waals surface area contributed by atoms with Crippen molar-refractivity contribution in [3.8, 4) is 0 Å². The third-order valence-electron chi connectivity index (χ3n) is 2.05. The number of aryl methyl sites for hydroxylation is 1. The van der Waals surface area contributed by atoms with E-state index in [1.807, 2.05) is 30.8 Å². The molecule has 0 spiro atoms. The van der Waals surface area contributed by atoms with Gasteiger partial charge in [-0.25, -0.2) is 4.98 Å². The highest BCUT2D eigenvalue weighted by atomic mass is 35.5. The first-order valence-corrected chi connectivity index (χ1v) is 5.76. The molecule has 1 saturated heterocycles. The van der Waals surface area contributed by atoms with Crippen LogP contribution in [-0.4, -0.2) is 22.5 Å². The van der Waals surface area contributed by atoms with Crippen molar-refractivity contribution >= 4 is 29.1 Å². The Balaban J connectivity index is 2.10. The molecule has 4 heteroatoms. The van der Waals surface area contributed by atoms with Crippen LogP contribution in [0.1, 0.15) is 5.69 Å². The Morgan fingerprint density at radius 2 is 2.31 bits per heavy atom. The van der Waals surface area contributed by atoms with Gasteiger partial charge in [-0.15, -0.1) is 0 Å². The van der Waals surface area contributed by atoms with Crippen LogP contribution in [0.15, 0.2) is 12.1 Å². The monoisotopic (exact) mass is 214 g/mol. The van der Waals surface area contributed by atoms with E-state index >= 15 is 0 Å². The molecule has 2 heterocycles. The van der Waals surface area contributed by atoms with E-state index in [-0.39, 0.29) is 0 Å². The van der Waals surface area contributed by atoms with E-state index in [2.05, 4.69) is 10.3 Å². The average molecular weight is 215 g/mol. The molecule has 0 saturated carbocycles. The first-order chi connectivity index (χ1) is 6.25. The minimum absolute atomic E-state index is 0.561. The van der Waals surface area contributed by atoms with E-state index in [0.717, 1.165) is 11.4 Å². The van der Waals surface area contributed by atoms with Crippen LogP contribution in [0.3, 0.4) is 0 Å². The molecule has 0 bridgehead atoms. The summed E-state index contributed by atoms with van der Waals surface area (Å²) in [5.74, 6) is 2.39. The van der Waals surface area contributed by atoms with Gasteiger partial charge in [-0.3, -0.25) is 0 Å². The largest absolute Gasteiger partial charge is 0.379 e. The number of rotatable bonds is 2. The molecule has 1 N–H and O–H groups in total. The number of halogens is 1. The van der Waals surface area contributed by atoms with Gasteiger partial charge in [0.25, 0.3) is 0 Å². The molecule has 2 nitrogen and oxygen atoms in total. The zero-order valence-electron chi connectivity index (χ0n) is 7.38. The quantitative estimate of drug-likeness (QED) is 0.767. The van der Waals surface area contributed by atoms with Crippen molar-refractivity contribution in [2.24, 2.45) is 0 Å². The van der Waals surface area contributed by atoms with E-state index in [1.165, 1.54) is 11.5 Å². The van der Waals surface area contributed by atoms with E-state index < -0.39 is 0 Å². The van der Waals surface area contributed by atoms with Crippen LogP contribution in [0, 0.1) is 6.92 Å². The molecule has 2 rings (SSSR count). The molecule has 0 aliphatic carbocycles. The number of nitrogens with one attached hydrogen (secondary N) is 1. The Labute approximate surface area is 87.1 Å². The SMILES string of the molecule is Cc1nc(Cl)ccc1NC1CSC1. The normalized spacial score (nSPS) is 16.8. The van der Waals surface area contributed by atoms with Crippen molar-refractivity contribution in [3.63, 3.8) is 0 Å². The number of nitrogens with zero attached hydrogens (tertiary/aromatic N) is 1. The van der Waals surface area contributed by atoms with Crippen LogP contribution in [0.25, 0.3) is 0 Å². The number of hydrogen-bond donors (Lipinski definition) is 1. The lowest BCUT2D eigenvalue weighted by atomic mass is 10.2. The predicted octanol–water partition coefficient (Wildman–Crippen LogP) is 2.57. The fourth-order valence-corrected chi connectivity index (χ4v) is 2.05. The molecule has 0 radical (unpaired) electrons. The van der Waals surface area contributed by atoms with E-state index in [1.54, 1.807) is 0 Å². The molecule has 13 heavy (non-hydrogen) atoms. The highest BCUT2D eigenvalue weighted by Gasteiger charge is 2.18. The summed E-state index contributed by atoms with van der Waals surface area (Å²) in [6, 6.07) is 4.43. The van der Waals surface area contributed by atoms with Gasteiger partial charge in [-0.2, -0.15) is 11.8 Å². The summed E-state index contributed by atoms with van der Waals surface area (Å²) in [5.41, 5.74) is 2.08. The number of thioether (sulfide) groups is 1. The van der Waals surface area contributed by atoms with Crippen molar-refractivity contribution in [3.05, 3.63) is 23.0 Å². The standard InChI is InChI=1S/C9H11ClN2S/c1-6-8(2-3-9(10)11-6)12-7-4-13-5-7/h2-3,7,12H,4-5H2,1H3. The summed E-state index contributed by atoms with van der Waals surface area (Å²) in [4.78, 5) is 4.18. The van der Waals surface area contributed by atoms with Crippen LogP contribution < -0.4 is 5.32 Å². The Kier molecular flexibility index (Phi) is 2.65. The smallest absolute Gasteiger partial charge is 0.129 e. The number of hydrogen-bond acceptors (Lipinski definition) is 3. The average Bonchev–Trinajstić information content (AvgIpc) is 1.99. The second-order valence-corrected chi connectivity index (χ2v) is 4.61. The third kappa shape index (κ3) is 2.09. The maximum Gasteiger partial charge on any atom is 0.129 e. The van der Waals surface area contributed by atoms with E-state index in [0.29, 0.717) is 11.2 Å². The minimum Gasteiger partial charge on any atom is -0.379 e. The van der Waals surface area contributed by atoms with Gasteiger partial charge in [0.05, 0.1) is 11.4 Å². The molecule has 1 aliphatic heterocycles. The Hall–Kier alpha value is -0.410. The number of aromatic nitrogens is 1. The van der Waals surface area contributed by atoms with Crippen LogP contribution in [0.2, 0.25) is 5.15 Å². The van der Waals surface area contributed by atoms with Crippen molar-refractivity contribution in [2.45, 2.75) is 13.0 Å². The summed E-state index contributed by atoms with van der Waals surface area (Å²) >= 11 is 7.72. The summed E-state index contributed by atoms with van der Waals surface area (Å²) < 4.78 is 0. The molecule has 0 atom stereocenters. The van der Waals surface area contributed by atoms with Crippen LogP contribution in [0.5, 0.6) is 0 Å². The lowest BCUT2D eigenvalue weighted by molar-refractivity contribution is 0.877. The van der Waals surface area contributed by atoms with Gasteiger partial charge in [0.2, 0.25) is 0 Å². The first-order valence-electron chi connectivity index (χ1n) is 4.23. The van der Waals surface area contributed by atoms with Gasteiger partial charge in [0, 0.05) is 17.5 Å². The minimum atomic E-state index is 0.561. The summed E-state index contributed by atoms with van der Waals surface area (Å²) in [7, 11) is 0. The van der Waals surface area contributed by atoms with Crippen LogP contribution in [0.4, 0.5) is 5.69 Å². The van der Waals surface area contributed by atoms with Gasteiger partial charge in [-0.05, 0) is 19.1 Å². The molecule has 0 unspecified atom stereocenters. The van der Waals surface area contributed by atoms with Crippen molar-refractivity contribution in [1.29, 1.82) is 0 Å². The van der Waals surface area contributed by atoms with Crippen LogP contribution >= 0.6 is 23.4 Å². The van der Waals surface area contributed by atoms with Gasteiger partial charge in [0.1, 0.15) is 5.15 Å². The molecule has 1 fully saturated rings. The fraction of sp³-hybridized carbons (Fsp3) is 0.444. The molecule has 70 valence electrons. The Bertz CT molecular complexity index is 312.